The molecule has 0 atom stereocenters. The number of rotatable bonds is 5. The largest absolute Gasteiger partial charge is 0.416 e. The maximum atomic E-state index is 15.0. The minimum Gasteiger partial charge on any atom is -0.383 e. The van der Waals surface area contributed by atoms with E-state index in [-0.39, 0.29) is 35.0 Å². The van der Waals surface area contributed by atoms with E-state index in [1.54, 1.807) is 11.1 Å². The molecule has 12 heteroatoms. The van der Waals surface area contributed by atoms with Crippen LogP contribution in [0.4, 0.5) is 35.0 Å². The zero-order valence-corrected chi connectivity index (χ0v) is 21.3. The Balaban J connectivity index is 1.47. The second-order valence-electron chi connectivity index (χ2n) is 9.61. The van der Waals surface area contributed by atoms with Crippen LogP contribution < -0.4 is 16.4 Å². The zero-order chi connectivity index (χ0) is 27.9. The van der Waals surface area contributed by atoms with Crippen LogP contribution in [-0.4, -0.2) is 51.5 Å². The van der Waals surface area contributed by atoms with Crippen LogP contribution >= 0.6 is 0 Å². The highest BCUT2D eigenvalue weighted by Gasteiger charge is 2.30. The van der Waals surface area contributed by atoms with Gasteiger partial charge in [-0.3, -0.25) is 4.79 Å². The Hall–Kier alpha value is -4.19. The average molecular weight is 542 g/mol. The Bertz CT molecular complexity index is 1520. The van der Waals surface area contributed by atoms with Gasteiger partial charge >= 0.3 is 6.18 Å². The number of benzene rings is 2. The van der Waals surface area contributed by atoms with E-state index >= 15 is 4.39 Å². The molecule has 1 amide bonds. The molecule has 1 aliphatic rings. The van der Waals surface area contributed by atoms with E-state index < -0.39 is 17.6 Å². The number of anilines is 3. The first-order valence-electron chi connectivity index (χ1n) is 12.4. The summed E-state index contributed by atoms with van der Waals surface area (Å²) >= 11 is 0. The quantitative estimate of drug-likeness (QED) is 0.300. The van der Waals surface area contributed by atoms with Crippen LogP contribution in [0.2, 0.25) is 0 Å². The number of halogens is 4. The van der Waals surface area contributed by atoms with Crippen molar-refractivity contribution in [2.24, 2.45) is 0 Å². The van der Waals surface area contributed by atoms with Gasteiger partial charge in [-0.25, -0.2) is 4.39 Å². The molecule has 0 radical (unpaired) electrons. The topological polar surface area (TPSA) is 101 Å². The molecule has 204 valence electrons. The van der Waals surface area contributed by atoms with Crippen molar-refractivity contribution in [3.63, 3.8) is 0 Å². The maximum Gasteiger partial charge on any atom is 0.416 e. The molecule has 1 saturated heterocycles. The van der Waals surface area contributed by atoms with Crippen molar-refractivity contribution in [1.29, 1.82) is 0 Å². The minimum absolute atomic E-state index is 0.0408. The first-order chi connectivity index (χ1) is 18.5. The predicted octanol–water partition coefficient (Wildman–Crippen LogP) is 5.21. The number of nitrogens with zero attached hydrogens (tertiary/aromatic N) is 4. The Morgan fingerprint density at radius 1 is 1.08 bits per heavy atom. The van der Waals surface area contributed by atoms with Gasteiger partial charge in [-0.05, 0) is 49.7 Å². The Labute approximate surface area is 221 Å². The number of alkyl halides is 3. The van der Waals surface area contributed by atoms with E-state index in [4.69, 9.17) is 5.73 Å². The lowest BCUT2D eigenvalue weighted by Gasteiger charge is -2.27. The van der Waals surface area contributed by atoms with Crippen molar-refractivity contribution in [3.05, 3.63) is 65.6 Å². The van der Waals surface area contributed by atoms with Crippen molar-refractivity contribution < 1.29 is 22.4 Å². The molecule has 0 unspecified atom stereocenters. The van der Waals surface area contributed by atoms with Gasteiger partial charge in [-0.2, -0.15) is 23.1 Å². The van der Waals surface area contributed by atoms with Crippen LogP contribution in [0, 0.1) is 5.82 Å². The van der Waals surface area contributed by atoms with Crippen LogP contribution in [0.3, 0.4) is 0 Å². The van der Waals surface area contributed by atoms with Gasteiger partial charge in [0.25, 0.3) is 5.91 Å². The second kappa shape index (κ2) is 10.2. The molecule has 0 saturated carbocycles. The third kappa shape index (κ3) is 5.24. The minimum atomic E-state index is -4.45. The molecule has 1 aliphatic heterocycles. The SMILES string of the molecule is CC(C)n1cc(-c2ccc(C(F)(F)F)cc2)c2c(N)nc(Nc3ccc(C(=O)N4CCNCC4)cc3F)nc21. The van der Waals surface area contributed by atoms with E-state index in [1.807, 2.05) is 18.4 Å². The predicted molar refractivity (Wildman–Crippen MR) is 141 cm³/mol. The van der Waals surface area contributed by atoms with Crippen molar-refractivity contribution >= 4 is 34.4 Å². The second-order valence-corrected chi connectivity index (χ2v) is 9.61. The molecule has 0 aliphatic carbocycles. The molecule has 5 rings (SSSR count). The fraction of sp³-hybridized carbons (Fsp3) is 0.296. The van der Waals surface area contributed by atoms with E-state index in [1.165, 1.54) is 30.3 Å². The molecule has 0 bridgehead atoms. The highest BCUT2D eigenvalue weighted by Crippen LogP contribution is 2.37. The number of piperazine rings is 1. The Kier molecular flexibility index (Phi) is 6.89. The molecule has 3 heterocycles. The number of fused-ring (bicyclic) bond motifs is 1. The highest BCUT2D eigenvalue weighted by atomic mass is 19.4. The molecule has 0 spiro atoms. The number of hydrogen-bond donors (Lipinski definition) is 3. The van der Waals surface area contributed by atoms with Crippen molar-refractivity contribution in [1.82, 2.24) is 24.8 Å². The average Bonchev–Trinajstić information content (AvgIpc) is 3.30. The number of carbonyl (C=O) groups excluding carboxylic acids is 1. The van der Waals surface area contributed by atoms with E-state index in [0.29, 0.717) is 48.3 Å². The summed E-state index contributed by atoms with van der Waals surface area (Å²) in [5.41, 5.74) is 7.42. The smallest absolute Gasteiger partial charge is 0.383 e. The highest BCUT2D eigenvalue weighted by molar-refractivity contribution is 6.01. The zero-order valence-electron chi connectivity index (χ0n) is 21.3. The lowest BCUT2D eigenvalue weighted by Crippen LogP contribution is -2.46. The van der Waals surface area contributed by atoms with Crippen molar-refractivity contribution in [2.75, 3.05) is 37.2 Å². The first kappa shape index (κ1) is 26.4. The number of nitrogens with two attached hydrogens (primary N) is 1. The van der Waals surface area contributed by atoms with E-state index in [0.717, 1.165) is 12.1 Å². The maximum absolute atomic E-state index is 15.0. The Morgan fingerprint density at radius 2 is 1.77 bits per heavy atom. The summed E-state index contributed by atoms with van der Waals surface area (Å²) in [4.78, 5) is 23.2. The summed E-state index contributed by atoms with van der Waals surface area (Å²) in [6.45, 7) is 6.33. The van der Waals surface area contributed by atoms with Crippen LogP contribution in [0.1, 0.15) is 35.8 Å². The third-order valence-electron chi connectivity index (χ3n) is 6.65. The number of carbonyl (C=O) groups is 1. The fourth-order valence-corrected chi connectivity index (χ4v) is 4.60. The molecule has 2 aromatic heterocycles. The van der Waals surface area contributed by atoms with Gasteiger partial charge in [0.05, 0.1) is 16.6 Å². The van der Waals surface area contributed by atoms with Crippen LogP contribution in [-0.2, 0) is 6.18 Å². The molecular weight excluding hydrogens is 514 g/mol. The van der Waals surface area contributed by atoms with Gasteiger partial charge in [0.15, 0.2) is 0 Å². The lowest BCUT2D eigenvalue weighted by molar-refractivity contribution is -0.137. The number of amides is 1. The van der Waals surface area contributed by atoms with Crippen LogP contribution in [0.5, 0.6) is 0 Å². The van der Waals surface area contributed by atoms with Gasteiger partial charge in [0.1, 0.15) is 17.3 Å². The van der Waals surface area contributed by atoms with Gasteiger partial charge in [-0.15, -0.1) is 0 Å². The molecule has 4 aromatic rings. The molecular formula is C27H27F4N7O. The number of nitrogens with one attached hydrogen (secondary N) is 2. The monoisotopic (exact) mass is 541 g/mol. The normalized spacial score (nSPS) is 14.3. The van der Waals surface area contributed by atoms with Gasteiger partial charge in [-0.1, -0.05) is 12.1 Å². The third-order valence-corrected chi connectivity index (χ3v) is 6.65. The summed E-state index contributed by atoms with van der Waals surface area (Å²) in [5.74, 6) is -0.765. The van der Waals surface area contributed by atoms with Crippen molar-refractivity contribution in [3.8, 4) is 11.1 Å². The number of hydrogen-bond acceptors (Lipinski definition) is 6. The van der Waals surface area contributed by atoms with Gasteiger partial charge < -0.3 is 25.8 Å². The lowest BCUT2D eigenvalue weighted by atomic mass is 10.0. The number of nitrogen functional groups attached to an aromatic ring is 1. The standard InChI is InChI=1S/C27H27F4N7O/c1-15(2)38-14-19(16-3-6-18(7-4-16)27(29,30)31)22-23(32)35-26(36-24(22)38)34-21-8-5-17(13-20(21)28)25(39)37-11-9-33-10-12-37/h3-8,13-15,33H,9-12H2,1-2H3,(H3,32,34,35,36). The molecule has 8 nitrogen and oxygen atoms in total. The molecule has 39 heavy (non-hydrogen) atoms. The summed E-state index contributed by atoms with van der Waals surface area (Å²) in [6, 6.07) is 8.89. The molecule has 4 N–H and O–H groups in total. The molecule has 1 fully saturated rings. The summed E-state index contributed by atoms with van der Waals surface area (Å²) in [7, 11) is 0. The first-order valence-corrected chi connectivity index (χ1v) is 12.4. The summed E-state index contributed by atoms with van der Waals surface area (Å²) in [5, 5.41) is 6.49. The molecule has 2 aromatic carbocycles. The van der Waals surface area contributed by atoms with Crippen LogP contribution in [0.25, 0.3) is 22.2 Å². The van der Waals surface area contributed by atoms with Crippen molar-refractivity contribution in [2.45, 2.75) is 26.1 Å². The Morgan fingerprint density at radius 3 is 2.38 bits per heavy atom. The summed E-state index contributed by atoms with van der Waals surface area (Å²) in [6.07, 6.45) is -2.68. The van der Waals surface area contributed by atoms with Crippen LogP contribution in [0.15, 0.2) is 48.7 Å². The van der Waals surface area contributed by atoms with Gasteiger partial charge in [0.2, 0.25) is 5.95 Å². The number of aromatic nitrogens is 3. The fourth-order valence-electron chi connectivity index (χ4n) is 4.60. The van der Waals surface area contributed by atoms with E-state index in [9.17, 15) is 18.0 Å². The summed E-state index contributed by atoms with van der Waals surface area (Å²) < 4.78 is 56.0. The van der Waals surface area contributed by atoms with E-state index in [2.05, 4.69) is 20.6 Å². The van der Waals surface area contributed by atoms with Gasteiger partial charge in [0, 0.05) is 49.5 Å².